The second-order valence-corrected chi connectivity index (χ2v) is 5.32. The number of carbonyl (C=O) groups excluding carboxylic acids is 1. The average Bonchev–Trinajstić information content (AvgIpc) is 2.40. The summed E-state index contributed by atoms with van der Waals surface area (Å²) in [5.41, 5.74) is 12.7. The maximum Gasteiger partial charge on any atom is 0.221 e. The predicted octanol–water partition coefficient (Wildman–Crippen LogP) is 0.667. The number of amides is 1. The summed E-state index contributed by atoms with van der Waals surface area (Å²) >= 11 is 0. The van der Waals surface area contributed by atoms with Crippen molar-refractivity contribution in [1.82, 2.24) is 9.88 Å². The molecule has 0 bridgehead atoms. The molecule has 4 N–H and O–H groups in total. The number of hydrogen-bond donors (Lipinski definition) is 2. The molecule has 0 aromatic carbocycles. The smallest absolute Gasteiger partial charge is 0.221 e. The highest BCUT2D eigenvalue weighted by Crippen LogP contribution is 2.28. The summed E-state index contributed by atoms with van der Waals surface area (Å²) < 4.78 is 0. The molecular weight excluding hydrogens is 240 g/mol. The minimum Gasteiger partial charge on any atom is -0.369 e. The van der Waals surface area contributed by atoms with E-state index in [1.807, 2.05) is 19.1 Å². The van der Waals surface area contributed by atoms with E-state index in [2.05, 4.69) is 9.88 Å². The van der Waals surface area contributed by atoms with Crippen LogP contribution in [0.3, 0.4) is 0 Å². The molecule has 5 heteroatoms. The molecule has 0 aliphatic carbocycles. The second-order valence-electron chi connectivity index (χ2n) is 5.32. The zero-order chi connectivity index (χ0) is 13.8. The average molecular weight is 262 g/mol. The van der Waals surface area contributed by atoms with Crippen LogP contribution < -0.4 is 11.5 Å². The molecule has 5 nitrogen and oxygen atoms in total. The summed E-state index contributed by atoms with van der Waals surface area (Å²) in [6.07, 6.45) is 5.43. The predicted molar refractivity (Wildman–Crippen MR) is 74.1 cm³/mol. The lowest BCUT2D eigenvalue weighted by molar-refractivity contribution is -0.123. The van der Waals surface area contributed by atoms with Crippen LogP contribution in [0.1, 0.15) is 31.4 Å². The lowest BCUT2D eigenvalue weighted by atomic mass is 9.92. The number of hydrogen-bond acceptors (Lipinski definition) is 4. The van der Waals surface area contributed by atoms with Crippen LogP contribution in [0, 0.1) is 5.92 Å². The van der Waals surface area contributed by atoms with E-state index in [-0.39, 0.29) is 23.9 Å². The first-order chi connectivity index (χ1) is 9.09. The third-order valence-electron chi connectivity index (χ3n) is 3.79. The molecule has 0 spiro atoms. The Kier molecular flexibility index (Phi) is 4.50. The van der Waals surface area contributed by atoms with Crippen molar-refractivity contribution < 1.29 is 4.79 Å². The van der Waals surface area contributed by atoms with Gasteiger partial charge < -0.3 is 11.5 Å². The summed E-state index contributed by atoms with van der Waals surface area (Å²) in [5.74, 6) is -0.264. The first-order valence-corrected chi connectivity index (χ1v) is 6.78. The maximum absolute atomic E-state index is 11.4. The lowest BCUT2D eigenvalue weighted by Crippen LogP contribution is -2.47. The molecule has 1 aliphatic rings. The molecule has 1 saturated heterocycles. The first kappa shape index (κ1) is 14.0. The molecule has 3 atom stereocenters. The third-order valence-corrected chi connectivity index (χ3v) is 3.79. The summed E-state index contributed by atoms with van der Waals surface area (Å²) in [6.45, 7) is 3.65. The van der Waals surface area contributed by atoms with Gasteiger partial charge in [-0.3, -0.25) is 14.7 Å². The number of aromatic nitrogens is 1. The number of nitrogens with two attached hydrogens (primary N) is 2. The van der Waals surface area contributed by atoms with Crippen molar-refractivity contribution >= 4 is 5.91 Å². The second kappa shape index (κ2) is 6.12. The van der Waals surface area contributed by atoms with Gasteiger partial charge in [-0.25, -0.2) is 0 Å². The molecule has 2 heterocycles. The number of primary amides is 1. The van der Waals surface area contributed by atoms with Crippen molar-refractivity contribution in [2.75, 3.05) is 13.1 Å². The van der Waals surface area contributed by atoms with E-state index in [4.69, 9.17) is 11.5 Å². The highest BCUT2D eigenvalue weighted by atomic mass is 16.1. The van der Waals surface area contributed by atoms with Gasteiger partial charge in [0, 0.05) is 31.0 Å². The molecule has 0 saturated carbocycles. The van der Waals surface area contributed by atoms with Gasteiger partial charge in [0.05, 0.1) is 5.92 Å². The van der Waals surface area contributed by atoms with E-state index in [0.717, 1.165) is 24.9 Å². The Morgan fingerprint density at radius 3 is 2.74 bits per heavy atom. The topological polar surface area (TPSA) is 85.2 Å². The van der Waals surface area contributed by atoms with Gasteiger partial charge in [0.15, 0.2) is 0 Å². The van der Waals surface area contributed by atoms with Gasteiger partial charge in [0.1, 0.15) is 0 Å². The molecule has 1 aliphatic heterocycles. The fourth-order valence-electron chi connectivity index (χ4n) is 2.90. The molecule has 1 aromatic heterocycles. The van der Waals surface area contributed by atoms with Crippen molar-refractivity contribution in [3.63, 3.8) is 0 Å². The Hall–Kier alpha value is -1.46. The number of likely N-dealkylation sites (tertiary alicyclic amines) is 1. The van der Waals surface area contributed by atoms with E-state index in [0.29, 0.717) is 6.54 Å². The Balaban J connectivity index is 2.18. The Morgan fingerprint density at radius 1 is 1.47 bits per heavy atom. The summed E-state index contributed by atoms with van der Waals surface area (Å²) in [6, 6.07) is 4.09. The standard InChI is InChI=1S/C14H22N4O/c1-10(15)13(11-4-6-17-7-5-11)18-8-2-3-12(9-18)14(16)19/h4-7,10,12-13H,2-3,8-9,15H2,1H3,(H2,16,19). The fourth-order valence-corrected chi connectivity index (χ4v) is 2.90. The molecule has 19 heavy (non-hydrogen) atoms. The Bertz CT molecular complexity index is 421. The lowest BCUT2D eigenvalue weighted by Gasteiger charge is -2.39. The van der Waals surface area contributed by atoms with Crippen molar-refractivity contribution in [2.45, 2.75) is 31.8 Å². The zero-order valence-corrected chi connectivity index (χ0v) is 11.3. The van der Waals surface area contributed by atoms with E-state index in [9.17, 15) is 4.79 Å². The van der Waals surface area contributed by atoms with Crippen LogP contribution in [0.25, 0.3) is 0 Å². The number of carbonyl (C=O) groups is 1. The van der Waals surface area contributed by atoms with Gasteiger partial charge in [0.25, 0.3) is 0 Å². The van der Waals surface area contributed by atoms with Crippen LogP contribution in [0.5, 0.6) is 0 Å². The molecule has 1 aromatic rings. The van der Waals surface area contributed by atoms with Crippen molar-refractivity contribution in [3.8, 4) is 0 Å². The molecule has 0 radical (unpaired) electrons. The van der Waals surface area contributed by atoms with Crippen LogP contribution in [-0.2, 0) is 4.79 Å². The SMILES string of the molecule is CC(N)C(c1ccncc1)N1CCCC(C(N)=O)C1. The van der Waals surface area contributed by atoms with Gasteiger partial charge in [0.2, 0.25) is 5.91 Å². The van der Waals surface area contributed by atoms with Crippen LogP contribution in [0.15, 0.2) is 24.5 Å². The van der Waals surface area contributed by atoms with Gasteiger partial charge in [-0.05, 0) is 44.0 Å². The molecule has 104 valence electrons. The summed E-state index contributed by atoms with van der Waals surface area (Å²) in [5, 5.41) is 0. The third kappa shape index (κ3) is 3.30. The minimum absolute atomic E-state index is 0.00553. The fraction of sp³-hybridized carbons (Fsp3) is 0.571. The quantitative estimate of drug-likeness (QED) is 0.835. The van der Waals surface area contributed by atoms with Crippen LogP contribution in [0.2, 0.25) is 0 Å². The van der Waals surface area contributed by atoms with Crippen LogP contribution in [-0.4, -0.2) is 34.9 Å². The Morgan fingerprint density at radius 2 is 2.16 bits per heavy atom. The number of nitrogens with zero attached hydrogens (tertiary/aromatic N) is 2. The monoisotopic (exact) mass is 262 g/mol. The molecule has 2 rings (SSSR count). The van der Waals surface area contributed by atoms with E-state index >= 15 is 0 Å². The highest BCUT2D eigenvalue weighted by Gasteiger charge is 2.31. The van der Waals surface area contributed by atoms with Gasteiger partial charge in [-0.1, -0.05) is 0 Å². The van der Waals surface area contributed by atoms with E-state index in [1.54, 1.807) is 12.4 Å². The summed E-state index contributed by atoms with van der Waals surface area (Å²) in [7, 11) is 0. The largest absolute Gasteiger partial charge is 0.369 e. The number of pyridine rings is 1. The van der Waals surface area contributed by atoms with Crippen LogP contribution >= 0.6 is 0 Å². The van der Waals surface area contributed by atoms with Crippen molar-refractivity contribution in [3.05, 3.63) is 30.1 Å². The molecular formula is C14H22N4O. The molecule has 3 unspecified atom stereocenters. The van der Waals surface area contributed by atoms with Crippen LogP contribution in [0.4, 0.5) is 0 Å². The number of rotatable bonds is 4. The van der Waals surface area contributed by atoms with Gasteiger partial charge in [-0.2, -0.15) is 0 Å². The van der Waals surface area contributed by atoms with E-state index < -0.39 is 0 Å². The highest BCUT2D eigenvalue weighted by molar-refractivity contribution is 5.76. The molecule has 1 amide bonds. The zero-order valence-electron chi connectivity index (χ0n) is 11.3. The van der Waals surface area contributed by atoms with Crippen molar-refractivity contribution in [2.24, 2.45) is 17.4 Å². The van der Waals surface area contributed by atoms with Crippen molar-refractivity contribution in [1.29, 1.82) is 0 Å². The Labute approximate surface area is 114 Å². The number of piperidine rings is 1. The van der Waals surface area contributed by atoms with E-state index in [1.165, 1.54) is 0 Å². The summed E-state index contributed by atoms with van der Waals surface area (Å²) in [4.78, 5) is 17.7. The normalized spacial score (nSPS) is 23.8. The minimum atomic E-state index is -0.206. The maximum atomic E-state index is 11.4. The molecule has 1 fully saturated rings. The van der Waals surface area contributed by atoms with Gasteiger partial charge in [-0.15, -0.1) is 0 Å². The van der Waals surface area contributed by atoms with Gasteiger partial charge >= 0.3 is 0 Å². The first-order valence-electron chi connectivity index (χ1n) is 6.78.